The smallest absolute Gasteiger partial charge is 0.225 e. The molecule has 8 nitrogen and oxygen atoms in total. The number of aromatic nitrogens is 6. The molecule has 1 unspecified atom stereocenters. The van der Waals surface area contributed by atoms with Gasteiger partial charge in [-0.2, -0.15) is 0 Å². The molecular weight excluding hydrogens is 282 g/mol. The van der Waals surface area contributed by atoms with Crippen LogP contribution in [-0.2, 0) is 24.6 Å². The summed E-state index contributed by atoms with van der Waals surface area (Å²) < 4.78 is 7.47. The van der Waals surface area contributed by atoms with E-state index in [1.165, 1.54) is 17.7 Å². The number of nitrogens with zero attached hydrogens (tertiary/aromatic N) is 7. The summed E-state index contributed by atoms with van der Waals surface area (Å²) in [6, 6.07) is 0. The number of morpholine rings is 1. The van der Waals surface area contributed by atoms with Gasteiger partial charge in [0.05, 0.1) is 13.2 Å². The maximum Gasteiger partial charge on any atom is 0.225 e. The van der Waals surface area contributed by atoms with Crippen molar-refractivity contribution in [2.45, 2.75) is 32.3 Å². The van der Waals surface area contributed by atoms with E-state index in [-0.39, 0.29) is 6.10 Å². The number of hydrogen-bond donors (Lipinski definition) is 0. The van der Waals surface area contributed by atoms with E-state index in [1.807, 2.05) is 7.05 Å². The average Bonchev–Trinajstić information content (AvgIpc) is 3.16. The molecule has 3 heterocycles. The molecule has 0 amide bonds. The lowest BCUT2D eigenvalue weighted by Gasteiger charge is -2.32. The lowest BCUT2D eigenvalue weighted by Crippen LogP contribution is -2.40. The molecule has 1 aliphatic carbocycles. The first-order valence-electron chi connectivity index (χ1n) is 7.67. The fourth-order valence-electron chi connectivity index (χ4n) is 3.24. The third-order valence-corrected chi connectivity index (χ3v) is 4.42. The third-order valence-electron chi connectivity index (χ3n) is 4.42. The first kappa shape index (κ1) is 13.6. The van der Waals surface area contributed by atoms with Crippen LogP contribution in [0, 0.1) is 6.92 Å². The molecule has 1 aliphatic heterocycles. The molecule has 1 saturated heterocycles. The highest BCUT2D eigenvalue weighted by molar-refractivity contribution is 5.39. The number of tetrazole rings is 1. The standard InChI is InChI=1S/C14H19N7O/c1-9-10-4-3-5-11(10)16-14(15-9)21-6-7-22-12(8-21)13-17-18-19-20(13)2/h12H,3-8H2,1-2H3. The zero-order valence-electron chi connectivity index (χ0n) is 12.9. The Morgan fingerprint density at radius 1 is 1.23 bits per heavy atom. The highest BCUT2D eigenvalue weighted by Crippen LogP contribution is 2.27. The zero-order valence-corrected chi connectivity index (χ0v) is 12.9. The number of rotatable bonds is 2. The highest BCUT2D eigenvalue weighted by Gasteiger charge is 2.28. The highest BCUT2D eigenvalue weighted by atomic mass is 16.5. The summed E-state index contributed by atoms with van der Waals surface area (Å²) >= 11 is 0. The lowest BCUT2D eigenvalue weighted by molar-refractivity contribution is 0.0310. The van der Waals surface area contributed by atoms with Gasteiger partial charge in [0.15, 0.2) is 5.82 Å². The van der Waals surface area contributed by atoms with E-state index in [0.717, 1.165) is 36.9 Å². The van der Waals surface area contributed by atoms with E-state index >= 15 is 0 Å². The quantitative estimate of drug-likeness (QED) is 0.793. The van der Waals surface area contributed by atoms with Gasteiger partial charge in [0.1, 0.15) is 6.10 Å². The molecule has 4 rings (SSSR count). The Kier molecular flexibility index (Phi) is 3.25. The van der Waals surface area contributed by atoms with E-state index in [9.17, 15) is 0 Å². The van der Waals surface area contributed by atoms with E-state index < -0.39 is 0 Å². The second-order valence-corrected chi connectivity index (χ2v) is 5.85. The molecule has 116 valence electrons. The summed E-state index contributed by atoms with van der Waals surface area (Å²) in [4.78, 5) is 11.7. The SMILES string of the molecule is Cc1nc(N2CCOC(c3nnnn3C)C2)nc2c1CCC2. The van der Waals surface area contributed by atoms with Gasteiger partial charge in [-0.3, -0.25) is 0 Å². The topological polar surface area (TPSA) is 81.9 Å². The Balaban J connectivity index is 1.60. The van der Waals surface area contributed by atoms with Crippen LogP contribution in [0.15, 0.2) is 0 Å². The molecule has 0 saturated carbocycles. The normalized spacial score (nSPS) is 21.2. The van der Waals surface area contributed by atoms with Crippen LogP contribution in [0.25, 0.3) is 0 Å². The van der Waals surface area contributed by atoms with Gasteiger partial charge in [0.2, 0.25) is 5.95 Å². The second kappa shape index (κ2) is 5.28. The number of hydrogen-bond acceptors (Lipinski definition) is 7. The van der Waals surface area contributed by atoms with Gasteiger partial charge in [-0.1, -0.05) is 0 Å². The van der Waals surface area contributed by atoms with Gasteiger partial charge in [0, 0.05) is 25.0 Å². The van der Waals surface area contributed by atoms with Crippen molar-refractivity contribution in [2.75, 3.05) is 24.6 Å². The van der Waals surface area contributed by atoms with Crippen molar-refractivity contribution < 1.29 is 4.74 Å². The molecule has 0 bridgehead atoms. The minimum Gasteiger partial charge on any atom is -0.366 e. The number of aryl methyl sites for hydroxylation is 3. The maximum absolute atomic E-state index is 5.82. The molecule has 0 radical (unpaired) electrons. The predicted octanol–water partition coefficient (Wildman–Crippen LogP) is 0.375. The molecule has 0 spiro atoms. The van der Waals surface area contributed by atoms with Gasteiger partial charge in [0.25, 0.3) is 0 Å². The first-order chi connectivity index (χ1) is 10.7. The second-order valence-electron chi connectivity index (χ2n) is 5.85. The molecule has 2 aliphatic rings. The molecule has 2 aromatic rings. The van der Waals surface area contributed by atoms with Crippen LogP contribution in [0.1, 0.15) is 35.3 Å². The van der Waals surface area contributed by atoms with Crippen LogP contribution in [0.4, 0.5) is 5.95 Å². The fourth-order valence-corrected chi connectivity index (χ4v) is 3.24. The minimum absolute atomic E-state index is 0.147. The van der Waals surface area contributed by atoms with Crippen molar-refractivity contribution in [3.05, 3.63) is 22.8 Å². The first-order valence-corrected chi connectivity index (χ1v) is 7.67. The monoisotopic (exact) mass is 301 g/mol. The molecule has 0 N–H and O–H groups in total. The van der Waals surface area contributed by atoms with E-state index in [1.54, 1.807) is 4.68 Å². The minimum atomic E-state index is -0.147. The summed E-state index contributed by atoms with van der Waals surface area (Å²) in [6.45, 7) is 4.17. The fraction of sp³-hybridized carbons (Fsp3) is 0.643. The van der Waals surface area contributed by atoms with Gasteiger partial charge >= 0.3 is 0 Å². The van der Waals surface area contributed by atoms with Gasteiger partial charge in [-0.15, -0.1) is 5.10 Å². The summed E-state index contributed by atoms with van der Waals surface area (Å²) in [6.07, 6.45) is 3.21. The number of ether oxygens (including phenoxy) is 1. The summed E-state index contributed by atoms with van der Waals surface area (Å²) in [5.41, 5.74) is 3.66. The van der Waals surface area contributed by atoms with Gasteiger partial charge in [-0.05, 0) is 42.2 Å². The van der Waals surface area contributed by atoms with E-state index in [2.05, 4.69) is 27.3 Å². The van der Waals surface area contributed by atoms with Crippen LogP contribution in [0.3, 0.4) is 0 Å². The van der Waals surface area contributed by atoms with Crippen molar-refractivity contribution >= 4 is 5.95 Å². The molecule has 2 aromatic heterocycles. The zero-order chi connectivity index (χ0) is 15.1. The van der Waals surface area contributed by atoms with Crippen LogP contribution in [0.2, 0.25) is 0 Å². The molecule has 22 heavy (non-hydrogen) atoms. The Morgan fingerprint density at radius 3 is 2.95 bits per heavy atom. The van der Waals surface area contributed by atoms with Crippen molar-refractivity contribution in [3.63, 3.8) is 0 Å². The molecule has 0 aromatic carbocycles. The Hall–Kier alpha value is -2.09. The van der Waals surface area contributed by atoms with Crippen molar-refractivity contribution in [1.29, 1.82) is 0 Å². The number of anilines is 1. The van der Waals surface area contributed by atoms with E-state index in [4.69, 9.17) is 14.7 Å². The van der Waals surface area contributed by atoms with Crippen LogP contribution >= 0.6 is 0 Å². The lowest BCUT2D eigenvalue weighted by atomic mass is 10.2. The molecule has 1 fully saturated rings. The van der Waals surface area contributed by atoms with Crippen LogP contribution in [0.5, 0.6) is 0 Å². The number of fused-ring (bicyclic) bond motifs is 1. The summed E-state index contributed by atoms with van der Waals surface area (Å²) in [5.74, 6) is 1.55. The molecular formula is C14H19N7O. The Labute approximate surface area is 128 Å². The molecule has 8 heteroatoms. The van der Waals surface area contributed by atoms with Gasteiger partial charge in [-0.25, -0.2) is 14.6 Å². The van der Waals surface area contributed by atoms with Crippen LogP contribution < -0.4 is 4.90 Å². The molecule has 1 atom stereocenters. The summed E-state index contributed by atoms with van der Waals surface area (Å²) in [5, 5.41) is 11.6. The Bertz CT molecular complexity index is 698. The average molecular weight is 301 g/mol. The van der Waals surface area contributed by atoms with Crippen molar-refractivity contribution in [1.82, 2.24) is 30.2 Å². The van der Waals surface area contributed by atoms with Crippen LogP contribution in [-0.4, -0.2) is 49.9 Å². The van der Waals surface area contributed by atoms with Crippen molar-refractivity contribution in [2.24, 2.45) is 7.05 Å². The largest absolute Gasteiger partial charge is 0.366 e. The van der Waals surface area contributed by atoms with Crippen molar-refractivity contribution in [3.8, 4) is 0 Å². The maximum atomic E-state index is 5.82. The third kappa shape index (κ3) is 2.23. The van der Waals surface area contributed by atoms with E-state index in [0.29, 0.717) is 13.2 Å². The van der Waals surface area contributed by atoms with Gasteiger partial charge < -0.3 is 9.64 Å². The predicted molar refractivity (Wildman–Crippen MR) is 78.5 cm³/mol. The Morgan fingerprint density at radius 2 is 2.14 bits per heavy atom. The summed E-state index contributed by atoms with van der Waals surface area (Å²) in [7, 11) is 1.83.